The summed E-state index contributed by atoms with van der Waals surface area (Å²) in [5, 5.41) is 9.22. The molecule has 5 aromatic rings. The van der Waals surface area contributed by atoms with Crippen LogP contribution in [0.15, 0.2) is 85.1 Å². The minimum Gasteiger partial charge on any atom is -0.396 e. The van der Waals surface area contributed by atoms with Crippen molar-refractivity contribution >= 4 is 22.8 Å². The van der Waals surface area contributed by atoms with Gasteiger partial charge in [-0.05, 0) is 61.2 Å². The van der Waals surface area contributed by atoms with Crippen LogP contribution in [-0.4, -0.2) is 37.0 Å². The second kappa shape index (κ2) is 9.84. The van der Waals surface area contributed by atoms with Gasteiger partial charge in [-0.1, -0.05) is 48.9 Å². The number of carbonyl (C=O) groups is 1. The van der Waals surface area contributed by atoms with Gasteiger partial charge in [0.25, 0.3) is 0 Å². The van der Waals surface area contributed by atoms with Crippen LogP contribution in [0.3, 0.4) is 0 Å². The van der Waals surface area contributed by atoms with Crippen molar-refractivity contribution in [3.63, 3.8) is 0 Å². The number of Topliss-reactive ketones (excluding diaryl/α,β-unsaturated/α-hetero) is 1. The third-order valence-corrected chi connectivity index (χ3v) is 7.63. The summed E-state index contributed by atoms with van der Waals surface area (Å²) in [6.45, 7) is 0.0344. The number of rotatable bonds is 8. The highest BCUT2D eigenvalue weighted by molar-refractivity contribution is 5.91. The quantitative estimate of drug-likeness (QED) is 0.290. The lowest BCUT2D eigenvalue weighted by molar-refractivity contribution is -0.128. The van der Waals surface area contributed by atoms with Crippen molar-refractivity contribution in [2.24, 2.45) is 0 Å². The van der Waals surface area contributed by atoms with Gasteiger partial charge >= 0.3 is 0 Å². The number of carbonyl (C=O) groups excluding carboxylic acids is 1. The van der Waals surface area contributed by atoms with E-state index in [-0.39, 0.29) is 12.4 Å². The topological polar surface area (TPSA) is 107 Å². The summed E-state index contributed by atoms with van der Waals surface area (Å²) in [5.74, 6) is 1.27. The monoisotopic (exact) mass is 503 g/mol. The Bertz CT molecular complexity index is 1610. The molecule has 1 aliphatic carbocycles. The summed E-state index contributed by atoms with van der Waals surface area (Å²) in [5.41, 5.74) is 11.8. The Kier molecular flexibility index (Phi) is 6.21. The van der Waals surface area contributed by atoms with Gasteiger partial charge < -0.3 is 10.8 Å². The average molecular weight is 504 g/mol. The molecule has 7 nitrogen and oxygen atoms in total. The first kappa shape index (κ1) is 24.0. The van der Waals surface area contributed by atoms with Gasteiger partial charge in [0.1, 0.15) is 17.1 Å². The van der Waals surface area contributed by atoms with Crippen LogP contribution in [0.2, 0.25) is 0 Å². The van der Waals surface area contributed by atoms with Gasteiger partial charge in [0.15, 0.2) is 11.5 Å². The van der Waals surface area contributed by atoms with E-state index in [1.54, 1.807) is 6.20 Å². The number of nitrogen functional groups attached to an aromatic ring is 1. The number of hydrogen-bond donors (Lipinski definition) is 2. The highest BCUT2D eigenvalue weighted by Gasteiger charge is 2.44. The van der Waals surface area contributed by atoms with Crippen molar-refractivity contribution in [2.75, 3.05) is 12.3 Å². The standard InChI is InChI=1S/C31H29N5O2/c32-28-24(9-4-19-33-28)29-35-26-16-15-25(21-7-2-1-3-8-21)34-30(26)36(29)23-13-11-22(12-14-23)31(17-6-18-31)27(38)10-5-20-37/h1-4,7-9,11-16,19,37H,5-6,10,17-18,20H2,(H2,32,33). The fourth-order valence-corrected chi connectivity index (χ4v) is 5.43. The predicted octanol–water partition coefficient (Wildman–Crippen LogP) is 5.50. The number of aliphatic hydroxyl groups is 1. The molecule has 6 rings (SSSR count). The number of imidazole rings is 1. The molecule has 0 unspecified atom stereocenters. The van der Waals surface area contributed by atoms with Gasteiger partial charge in [0.05, 0.1) is 16.7 Å². The fraction of sp³-hybridized carbons (Fsp3) is 0.226. The van der Waals surface area contributed by atoms with Gasteiger partial charge in [0, 0.05) is 30.5 Å². The first-order chi connectivity index (χ1) is 18.6. The summed E-state index contributed by atoms with van der Waals surface area (Å²) < 4.78 is 2.01. The molecular weight excluding hydrogens is 474 g/mol. The second-order valence-electron chi connectivity index (χ2n) is 9.85. The van der Waals surface area contributed by atoms with E-state index in [0.29, 0.717) is 24.5 Å². The van der Waals surface area contributed by atoms with Crippen LogP contribution in [0.25, 0.3) is 39.5 Å². The summed E-state index contributed by atoms with van der Waals surface area (Å²) in [7, 11) is 0. The van der Waals surface area contributed by atoms with Crippen LogP contribution in [0, 0.1) is 0 Å². The molecule has 0 atom stereocenters. The van der Waals surface area contributed by atoms with Gasteiger partial charge in [-0.3, -0.25) is 9.36 Å². The Morgan fingerprint density at radius 2 is 1.74 bits per heavy atom. The summed E-state index contributed by atoms with van der Waals surface area (Å²) in [6, 6.07) is 25.9. The third-order valence-electron chi connectivity index (χ3n) is 7.63. The van der Waals surface area contributed by atoms with E-state index in [1.807, 2.05) is 71.3 Å². The highest BCUT2D eigenvalue weighted by atomic mass is 16.3. The van der Waals surface area contributed by atoms with Crippen LogP contribution in [-0.2, 0) is 10.2 Å². The van der Waals surface area contributed by atoms with Gasteiger partial charge in [-0.15, -0.1) is 0 Å². The number of hydrogen-bond acceptors (Lipinski definition) is 6. The number of benzene rings is 2. The van der Waals surface area contributed by atoms with E-state index < -0.39 is 5.41 Å². The van der Waals surface area contributed by atoms with Gasteiger partial charge in [-0.2, -0.15) is 0 Å². The predicted molar refractivity (Wildman–Crippen MR) is 149 cm³/mol. The zero-order valence-corrected chi connectivity index (χ0v) is 21.0. The van der Waals surface area contributed by atoms with Crippen LogP contribution < -0.4 is 5.73 Å². The van der Waals surface area contributed by atoms with Crippen molar-refractivity contribution in [1.82, 2.24) is 19.5 Å². The van der Waals surface area contributed by atoms with Crippen molar-refractivity contribution in [2.45, 2.75) is 37.5 Å². The molecule has 0 amide bonds. The fourth-order valence-electron chi connectivity index (χ4n) is 5.43. The summed E-state index contributed by atoms with van der Waals surface area (Å²) in [4.78, 5) is 27.3. The van der Waals surface area contributed by atoms with Crippen LogP contribution in [0.5, 0.6) is 0 Å². The number of aromatic nitrogens is 4. The molecule has 38 heavy (non-hydrogen) atoms. The Labute approximate surface area is 221 Å². The molecule has 1 saturated carbocycles. The zero-order chi connectivity index (χ0) is 26.1. The van der Waals surface area contributed by atoms with Gasteiger partial charge in [0.2, 0.25) is 0 Å². The molecule has 0 bridgehead atoms. The Hall–Kier alpha value is -4.36. The van der Waals surface area contributed by atoms with Crippen molar-refractivity contribution in [1.29, 1.82) is 0 Å². The first-order valence-corrected chi connectivity index (χ1v) is 13.0. The smallest absolute Gasteiger partial charge is 0.165 e. The second-order valence-corrected chi connectivity index (χ2v) is 9.85. The summed E-state index contributed by atoms with van der Waals surface area (Å²) in [6.07, 6.45) is 5.31. The molecule has 3 heterocycles. The zero-order valence-electron chi connectivity index (χ0n) is 21.0. The van der Waals surface area contributed by atoms with E-state index in [2.05, 4.69) is 17.1 Å². The number of aliphatic hydroxyl groups excluding tert-OH is 1. The van der Waals surface area contributed by atoms with Gasteiger partial charge in [-0.25, -0.2) is 15.0 Å². The Morgan fingerprint density at radius 3 is 2.42 bits per heavy atom. The molecule has 190 valence electrons. The molecule has 3 N–H and O–H groups in total. The molecule has 0 saturated heterocycles. The maximum atomic E-state index is 13.1. The Morgan fingerprint density at radius 1 is 0.947 bits per heavy atom. The average Bonchev–Trinajstić information content (AvgIpc) is 3.31. The van der Waals surface area contributed by atoms with Crippen molar-refractivity contribution in [3.8, 4) is 28.3 Å². The maximum absolute atomic E-state index is 13.1. The van der Waals surface area contributed by atoms with E-state index in [0.717, 1.165) is 58.5 Å². The minimum atomic E-state index is -0.444. The lowest BCUT2D eigenvalue weighted by atomic mass is 9.61. The number of ketones is 1. The number of nitrogens with zero attached hydrogens (tertiary/aromatic N) is 4. The molecule has 0 aliphatic heterocycles. The number of anilines is 1. The SMILES string of the molecule is Nc1ncccc1-c1nc2ccc(-c3ccccc3)nc2n1-c1ccc(C2(C(=O)CCCO)CCC2)cc1. The largest absolute Gasteiger partial charge is 0.396 e. The molecule has 1 aliphatic rings. The minimum absolute atomic E-state index is 0.0344. The van der Waals surface area contributed by atoms with Crippen LogP contribution >= 0.6 is 0 Å². The normalized spacial score (nSPS) is 14.3. The van der Waals surface area contributed by atoms with E-state index in [9.17, 15) is 9.90 Å². The number of nitrogens with two attached hydrogens (primary N) is 1. The molecule has 1 fully saturated rings. The van der Waals surface area contributed by atoms with E-state index >= 15 is 0 Å². The summed E-state index contributed by atoms with van der Waals surface area (Å²) >= 11 is 0. The molecule has 2 aromatic carbocycles. The van der Waals surface area contributed by atoms with E-state index in [4.69, 9.17) is 15.7 Å². The molecule has 0 spiro atoms. The molecular formula is C31H29N5O2. The highest BCUT2D eigenvalue weighted by Crippen LogP contribution is 2.46. The van der Waals surface area contributed by atoms with Crippen LogP contribution in [0.1, 0.15) is 37.7 Å². The lowest BCUT2D eigenvalue weighted by Gasteiger charge is -2.41. The van der Waals surface area contributed by atoms with Crippen molar-refractivity contribution < 1.29 is 9.90 Å². The van der Waals surface area contributed by atoms with E-state index in [1.165, 1.54) is 0 Å². The molecule has 3 aromatic heterocycles. The number of fused-ring (bicyclic) bond motifs is 1. The Balaban J connectivity index is 1.49. The third kappa shape index (κ3) is 4.05. The maximum Gasteiger partial charge on any atom is 0.165 e. The molecule has 0 radical (unpaired) electrons. The van der Waals surface area contributed by atoms with Crippen molar-refractivity contribution in [3.05, 3.63) is 90.6 Å². The molecule has 7 heteroatoms. The lowest BCUT2D eigenvalue weighted by Crippen LogP contribution is -2.42. The number of pyridine rings is 2. The van der Waals surface area contributed by atoms with Crippen LogP contribution in [0.4, 0.5) is 5.82 Å². The first-order valence-electron chi connectivity index (χ1n) is 13.0.